The van der Waals surface area contributed by atoms with Crippen molar-refractivity contribution in [1.82, 2.24) is 4.57 Å². The Labute approximate surface area is 456 Å². The molecule has 0 atom stereocenters. The number of anilines is 2. The van der Waals surface area contributed by atoms with Gasteiger partial charge in [0, 0.05) is 49.7 Å². The van der Waals surface area contributed by atoms with Crippen LogP contribution in [0.2, 0.25) is 0 Å². The van der Waals surface area contributed by atoms with Crippen molar-refractivity contribution in [3.8, 4) is 12.1 Å². The number of aromatic nitrogens is 2. The molecule has 0 bridgehead atoms. The minimum Gasteiger partial charge on any atom is -0.748 e. The number of nitrogens with zero attached hydrogens (tertiary/aromatic N) is 13. The molecule has 0 radical (unpaired) electrons. The van der Waals surface area contributed by atoms with Crippen molar-refractivity contribution < 1.29 is 41.0 Å². The van der Waals surface area contributed by atoms with Crippen LogP contribution in [-0.4, -0.2) is 134 Å². The van der Waals surface area contributed by atoms with Gasteiger partial charge in [0.1, 0.15) is 47.6 Å². The summed E-state index contributed by atoms with van der Waals surface area (Å²) in [6.07, 6.45) is 6.40. The molecule has 76 heavy (non-hydrogen) atoms. The first-order valence-corrected chi connectivity index (χ1v) is 28.0. The summed E-state index contributed by atoms with van der Waals surface area (Å²) in [6, 6.07) is 16.2. The Bertz CT molecular complexity index is 3010. The highest BCUT2D eigenvalue weighted by atomic mass is 32.2. The van der Waals surface area contributed by atoms with Crippen LogP contribution in [0.4, 0.5) is 42.8 Å². The van der Waals surface area contributed by atoms with Crippen molar-refractivity contribution >= 4 is 75.5 Å². The summed E-state index contributed by atoms with van der Waals surface area (Å²) < 4.78 is 59.8. The van der Waals surface area contributed by atoms with E-state index in [9.17, 15) is 23.5 Å². The number of thiophene rings is 2. The fourth-order valence-electron chi connectivity index (χ4n) is 7.52. The predicted octanol–water partition coefficient (Wildman–Crippen LogP) is 10.5. The molecule has 5 rings (SSSR count). The molecule has 0 aliphatic heterocycles. The van der Waals surface area contributed by atoms with Crippen LogP contribution in [0.3, 0.4) is 0 Å². The van der Waals surface area contributed by atoms with E-state index in [0.29, 0.717) is 131 Å². The zero-order valence-electron chi connectivity index (χ0n) is 45.1. The monoisotopic (exact) mass is 1100 g/mol. The van der Waals surface area contributed by atoms with E-state index in [1.165, 1.54) is 22.7 Å². The normalized spacial score (nSPS) is 11.6. The number of quaternary nitrogens is 1. The first kappa shape index (κ1) is 62.1. The SMILES string of the molecule is [C-]#[N+]c1sc(N=Nc2ccc(N(CC)CCOCCOCC[N+](C)(C)CCCS(=O)(=O)[O-])cc2C)c(C#N)c1C.[C-]#[N+]c1sc(N=Nc2ccc(N(CC)CCOCCOCCn3cc[n+](C)c3)cc2C)c(C#N)c1C. The third-order valence-electron chi connectivity index (χ3n) is 12.1. The maximum absolute atomic E-state index is 10.8. The fraction of sp³-hybridized carbons (Fsp3) is 0.491. The highest BCUT2D eigenvalue weighted by Gasteiger charge is 2.18. The Kier molecular flexibility index (Phi) is 25.8. The molecule has 0 saturated heterocycles. The predicted molar refractivity (Wildman–Crippen MR) is 296 cm³/mol. The smallest absolute Gasteiger partial charge is 0.247 e. The highest BCUT2D eigenvalue weighted by molar-refractivity contribution is 7.85. The Hall–Kier alpha value is -6.48. The average Bonchev–Trinajstić information content (AvgIpc) is 4.05. The van der Waals surface area contributed by atoms with Gasteiger partial charge in [-0.05, 0) is 100 Å². The number of hydrogen-bond acceptors (Lipinski definition) is 17. The number of benzene rings is 2. The molecule has 23 heteroatoms. The molecule has 406 valence electrons. The lowest BCUT2D eigenvalue weighted by molar-refractivity contribution is -0.890. The molecule has 0 fully saturated rings. The van der Waals surface area contributed by atoms with Crippen LogP contribution in [0.5, 0.6) is 0 Å². The van der Waals surface area contributed by atoms with Crippen molar-refractivity contribution in [3.63, 3.8) is 0 Å². The van der Waals surface area contributed by atoms with Gasteiger partial charge in [0.05, 0.1) is 126 Å². The molecule has 0 saturated carbocycles. The number of rotatable bonds is 30. The number of nitriles is 2. The lowest BCUT2D eigenvalue weighted by Crippen LogP contribution is -2.43. The summed E-state index contributed by atoms with van der Waals surface area (Å²) in [5.41, 5.74) is 7.62. The Morgan fingerprint density at radius 2 is 1.18 bits per heavy atom. The maximum Gasteiger partial charge on any atom is 0.247 e. The number of ether oxygens (including phenoxy) is 4. The number of likely N-dealkylation sites (N-methyl/N-ethyl adjacent to an activating group) is 3. The van der Waals surface area contributed by atoms with E-state index >= 15 is 0 Å². The van der Waals surface area contributed by atoms with Crippen molar-refractivity contribution in [2.45, 2.75) is 54.5 Å². The third-order valence-corrected chi connectivity index (χ3v) is 15.0. The summed E-state index contributed by atoms with van der Waals surface area (Å²) in [5, 5.41) is 37.9. The zero-order chi connectivity index (χ0) is 55.7. The second kappa shape index (κ2) is 31.5. The largest absolute Gasteiger partial charge is 0.748 e. The van der Waals surface area contributed by atoms with Crippen LogP contribution >= 0.6 is 22.7 Å². The standard InChI is InChI=1S/C27H38N6O5S2.C26H32N7O2S/c1-7-32(11-14-37-16-17-38-15-13-33(5,6)12-8-18-40(34,35)36)23-9-10-25(21(2)19-23)30-31-27-24(20-28)22(3)26(29-4)39-27;1-6-33(12-14-35-16-15-34-13-11-32-10-9-31(5)19-32)22-7-8-24(20(2)17-22)29-30-26-23(18-27)21(3)25(28-4)36-26/h9-10,19H,7-8,11-18H2,1-3,5-6H3;7-10,17,19H,6,11-16H2,1-3,5H3/q;+1. The third kappa shape index (κ3) is 20.2. The molecular formula is C53H70N13O7S3+. The highest BCUT2D eigenvalue weighted by Crippen LogP contribution is 2.43. The van der Waals surface area contributed by atoms with Gasteiger partial charge in [-0.25, -0.2) is 27.2 Å². The molecule has 0 unspecified atom stereocenters. The van der Waals surface area contributed by atoms with Gasteiger partial charge in [-0.1, -0.05) is 0 Å². The maximum atomic E-state index is 10.8. The van der Waals surface area contributed by atoms with Crippen molar-refractivity contribution in [1.29, 1.82) is 10.5 Å². The first-order chi connectivity index (χ1) is 36.4. The van der Waals surface area contributed by atoms with Gasteiger partial charge in [0.15, 0.2) is 0 Å². The van der Waals surface area contributed by atoms with Crippen molar-refractivity contribution in [2.75, 3.05) is 122 Å². The molecule has 3 aromatic heterocycles. The van der Waals surface area contributed by atoms with Crippen LogP contribution < -0.4 is 14.4 Å². The summed E-state index contributed by atoms with van der Waals surface area (Å²) in [7, 11) is 1.80. The van der Waals surface area contributed by atoms with Crippen LogP contribution in [0, 0.1) is 63.5 Å². The molecule has 5 aromatic rings. The van der Waals surface area contributed by atoms with Gasteiger partial charge in [-0.2, -0.15) is 10.5 Å². The second-order valence-corrected chi connectivity index (χ2v) is 21.6. The molecule has 0 aliphatic rings. The van der Waals surface area contributed by atoms with Crippen LogP contribution in [0.25, 0.3) is 9.69 Å². The fourth-order valence-corrected chi connectivity index (χ4v) is 9.73. The second-order valence-electron chi connectivity index (χ2n) is 18.1. The minimum absolute atomic E-state index is 0.335. The van der Waals surface area contributed by atoms with Crippen LogP contribution in [-0.2, 0) is 42.7 Å². The van der Waals surface area contributed by atoms with Crippen molar-refractivity contribution in [3.05, 3.63) is 111 Å². The first-order valence-electron chi connectivity index (χ1n) is 24.8. The lowest BCUT2D eigenvalue weighted by atomic mass is 10.1. The number of hydrogen-bond donors (Lipinski definition) is 0. The molecule has 2 aromatic carbocycles. The molecule has 0 amide bonds. The van der Waals surface area contributed by atoms with E-state index in [1.54, 1.807) is 13.8 Å². The molecule has 0 spiro atoms. The quantitative estimate of drug-likeness (QED) is 0.0105. The molecular weight excluding hydrogens is 1030 g/mol. The van der Waals surface area contributed by atoms with Gasteiger partial charge in [0.2, 0.25) is 16.3 Å². The van der Waals surface area contributed by atoms with Gasteiger partial charge in [0.25, 0.3) is 0 Å². The molecule has 0 N–H and O–H groups in total. The van der Waals surface area contributed by atoms with E-state index in [0.717, 1.165) is 54.4 Å². The summed E-state index contributed by atoms with van der Waals surface area (Å²) in [4.78, 5) is 11.4. The van der Waals surface area contributed by atoms with Crippen LogP contribution in [0.15, 0.2) is 75.6 Å². The van der Waals surface area contributed by atoms with Gasteiger partial charge >= 0.3 is 0 Å². The van der Waals surface area contributed by atoms with E-state index in [4.69, 9.17) is 32.1 Å². The van der Waals surface area contributed by atoms with E-state index < -0.39 is 10.1 Å². The van der Waals surface area contributed by atoms with Gasteiger partial charge in [-0.3, -0.25) is 0 Å². The number of aryl methyl sites for hydroxylation is 3. The summed E-state index contributed by atoms with van der Waals surface area (Å²) >= 11 is 2.37. The minimum atomic E-state index is -4.17. The zero-order valence-corrected chi connectivity index (χ0v) is 47.6. The molecule has 0 aliphatic carbocycles. The Morgan fingerprint density at radius 3 is 1.58 bits per heavy atom. The summed E-state index contributed by atoms with van der Waals surface area (Å²) in [6.45, 7) is 35.9. The Morgan fingerprint density at radius 1 is 0.724 bits per heavy atom. The number of azo groups is 2. The average molecular weight is 1100 g/mol. The van der Waals surface area contributed by atoms with Gasteiger partial charge < -0.3 is 37.8 Å². The summed E-state index contributed by atoms with van der Waals surface area (Å²) in [5.74, 6) is -0.335. The van der Waals surface area contributed by atoms with Gasteiger partial charge in [-0.15, -0.1) is 43.1 Å². The Balaban J connectivity index is 0.000000330. The number of imidazole rings is 1. The van der Waals surface area contributed by atoms with Crippen molar-refractivity contribution in [2.24, 2.45) is 27.5 Å². The lowest BCUT2D eigenvalue weighted by Gasteiger charge is -2.29. The van der Waals surface area contributed by atoms with Crippen LogP contribution in [0.1, 0.15) is 53.6 Å². The van der Waals surface area contributed by atoms with E-state index in [-0.39, 0.29) is 5.75 Å². The van der Waals surface area contributed by atoms with E-state index in [1.807, 2.05) is 88.6 Å². The topological polar surface area (TPSA) is 215 Å². The molecule has 3 heterocycles. The van der Waals surface area contributed by atoms with E-state index in [2.05, 4.69) is 76.6 Å². The molecule has 20 nitrogen and oxygen atoms in total.